The Morgan fingerprint density at radius 2 is 2.36 bits per heavy atom. The van der Waals surface area contributed by atoms with Crippen LogP contribution in [0.2, 0.25) is 0 Å². The first-order valence-corrected chi connectivity index (χ1v) is 6.25. The summed E-state index contributed by atoms with van der Waals surface area (Å²) in [6, 6.07) is 2.04. The molecule has 0 unspecified atom stereocenters. The quantitative estimate of drug-likeness (QED) is 0.753. The van der Waals surface area contributed by atoms with Crippen LogP contribution in [0.5, 0.6) is 0 Å². The average Bonchev–Trinajstić information content (AvgIpc) is 2.48. The van der Waals surface area contributed by atoms with Crippen molar-refractivity contribution in [3.8, 4) is 0 Å². The van der Waals surface area contributed by atoms with E-state index in [2.05, 4.69) is 22.9 Å². The minimum Gasteiger partial charge on any atom is -0.457 e. The van der Waals surface area contributed by atoms with Crippen molar-refractivity contribution >= 4 is 27.5 Å². The van der Waals surface area contributed by atoms with E-state index in [0.29, 0.717) is 5.41 Å². The van der Waals surface area contributed by atoms with Crippen molar-refractivity contribution in [3.63, 3.8) is 0 Å². The van der Waals surface area contributed by atoms with E-state index in [1.165, 1.54) is 18.4 Å². The molecule has 1 aliphatic rings. The van der Waals surface area contributed by atoms with Crippen molar-refractivity contribution < 1.29 is 4.42 Å². The maximum Gasteiger partial charge on any atom is 0.169 e. The summed E-state index contributed by atoms with van der Waals surface area (Å²) in [7, 11) is 0. The molecule has 14 heavy (non-hydrogen) atoms. The van der Waals surface area contributed by atoms with Gasteiger partial charge in [-0.3, -0.25) is 0 Å². The van der Waals surface area contributed by atoms with Gasteiger partial charge in [0.15, 0.2) is 4.67 Å². The number of furan rings is 1. The molecular formula is C11H14BrClO. The Hall–Kier alpha value is 0.0500. The molecule has 3 heteroatoms. The number of halogens is 2. The fourth-order valence-corrected chi connectivity index (χ4v) is 3.29. The highest BCUT2D eigenvalue weighted by molar-refractivity contribution is 9.10. The monoisotopic (exact) mass is 276 g/mol. The largest absolute Gasteiger partial charge is 0.457 e. The first kappa shape index (κ1) is 10.6. The van der Waals surface area contributed by atoms with Gasteiger partial charge in [0.25, 0.3) is 0 Å². The average molecular weight is 278 g/mol. The van der Waals surface area contributed by atoms with Gasteiger partial charge in [-0.15, -0.1) is 11.6 Å². The second kappa shape index (κ2) is 3.90. The number of hydrogen-bond donors (Lipinski definition) is 0. The van der Waals surface area contributed by atoms with Crippen molar-refractivity contribution in [3.05, 3.63) is 22.6 Å². The SMILES string of the molecule is CC1CC(CCl)(Cc2coc(Br)c2)C1. The summed E-state index contributed by atoms with van der Waals surface area (Å²) in [5.41, 5.74) is 1.59. The maximum absolute atomic E-state index is 6.04. The lowest BCUT2D eigenvalue weighted by molar-refractivity contribution is 0.0923. The summed E-state index contributed by atoms with van der Waals surface area (Å²) in [4.78, 5) is 0. The summed E-state index contributed by atoms with van der Waals surface area (Å²) < 4.78 is 6.03. The van der Waals surface area contributed by atoms with Crippen LogP contribution in [-0.4, -0.2) is 5.88 Å². The standard InChI is InChI=1S/C11H14BrClO/c1-8-3-11(4-8,7-13)5-9-2-10(12)14-6-9/h2,6,8H,3-5,7H2,1H3. The molecule has 1 aliphatic carbocycles. The third kappa shape index (κ3) is 2.01. The van der Waals surface area contributed by atoms with Crippen molar-refractivity contribution in [2.45, 2.75) is 26.2 Å². The van der Waals surface area contributed by atoms with Gasteiger partial charge in [-0.2, -0.15) is 0 Å². The van der Waals surface area contributed by atoms with Gasteiger partial charge in [0.1, 0.15) is 0 Å². The number of hydrogen-bond acceptors (Lipinski definition) is 1. The predicted octanol–water partition coefficient (Wildman–Crippen LogP) is 4.24. The van der Waals surface area contributed by atoms with E-state index in [1.807, 2.05) is 12.3 Å². The van der Waals surface area contributed by atoms with Crippen molar-refractivity contribution in [2.24, 2.45) is 11.3 Å². The normalized spacial score (nSPS) is 31.5. The lowest BCUT2D eigenvalue weighted by atomic mass is 9.61. The highest BCUT2D eigenvalue weighted by Gasteiger charge is 2.41. The summed E-state index contributed by atoms with van der Waals surface area (Å²) in [6.07, 6.45) is 5.37. The van der Waals surface area contributed by atoms with Gasteiger partial charge in [0.05, 0.1) is 6.26 Å². The lowest BCUT2D eigenvalue weighted by Crippen LogP contribution is -2.39. The molecule has 0 N–H and O–H groups in total. The fourth-order valence-electron chi connectivity index (χ4n) is 2.59. The zero-order chi connectivity index (χ0) is 10.2. The summed E-state index contributed by atoms with van der Waals surface area (Å²) in [6.45, 7) is 2.29. The van der Waals surface area contributed by atoms with Crippen LogP contribution in [0.15, 0.2) is 21.4 Å². The molecule has 0 radical (unpaired) electrons. The molecule has 0 saturated heterocycles. The minimum absolute atomic E-state index is 0.338. The van der Waals surface area contributed by atoms with Crippen LogP contribution in [0, 0.1) is 11.3 Å². The summed E-state index contributed by atoms with van der Waals surface area (Å²) >= 11 is 9.35. The highest BCUT2D eigenvalue weighted by Crippen LogP contribution is 2.48. The van der Waals surface area contributed by atoms with E-state index in [4.69, 9.17) is 16.0 Å². The second-order valence-electron chi connectivity index (χ2n) is 4.58. The molecule has 1 fully saturated rings. The molecule has 0 spiro atoms. The highest BCUT2D eigenvalue weighted by atomic mass is 79.9. The smallest absolute Gasteiger partial charge is 0.169 e. The molecule has 78 valence electrons. The first-order chi connectivity index (χ1) is 6.63. The van der Waals surface area contributed by atoms with Gasteiger partial charge in [-0.1, -0.05) is 6.92 Å². The van der Waals surface area contributed by atoms with Gasteiger partial charge in [0, 0.05) is 5.88 Å². The predicted molar refractivity (Wildman–Crippen MR) is 61.7 cm³/mol. The third-order valence-corrected chi connectivity index (χ3v) is 4.03. The number of rotatable bonds is 3. The van der Waals surface area contributed by atoms with Gasteiger partial charge < -0.3 is 4.42 Å². The summed E-state index contributed by atoms with van der Waals surface area (Å²) in [5, 5.41) is 0. The Morgan fingerprint density at radius 1 is 1.64 bits per heavy atom. The first-order valence-electron chi connectivity index (χ1n) is 4.92. The molecule has 0 aliphatic heterocycles. The Balaban J connectivity index is 2.02. The van der Waals surface area contributed by atoms with Crippen LogP contribution < -0.4 is 0 Å². The molecule has 1 aromatic heterocycles. The van der Waals surface area contributed by atoms with Crippen LogP contribution in [-0.2, 0) is 6.42 Å². The Morgan fingerprint density at radius 3 is 2.79 bits per heavy atom. The van der Waals surface area contributed by atoms with Crippen molar-refractivity contribution in [1.82, 2.24) is 0 Å². The van der Waals surface area contributed by atoms with Crippen LogP contribution in [0.1, 0.15) is 25.3 Å². The third-order valence-electron chi connectivity index (χ3n) is 3.05. The minimum atomic E-state index is 0.338. The van der Waals surface area contributed by atoms with Gasteiger partial charge in [-0.05, 0) is 58.2 Å². The molecule has 1 saturated carbocycles. The van der Waals surface area contributed by atoms with Crippen LogP contribution in [0.25, 0.3) is 0 Å². The fraction of sp³-hybridized carbons (Fsp3) is 0.636. The zero-order valence-corrected chi connectivity index (χ0v) is 10.6. The molecule has 1 aromatic rings. The lowest BCUT2D eigenvalue weighted by Gasteiger charge is -2.45. The molecule has 1 nitrogen and oxygen atoms in total. The van der Waals surface area contributed by atoms with Crippen LogP contribution >= 0.6 is 27.5 Å². The maximum atomic E-state index is 6.04. The Bertz CT molecular complexity index is 315. The van der Waals surface area contributed by atoms with E-state index in [-0.39, 0.29) is 0 Å². The van der Waals surface area contributed by atoms with Crippen molar-refractivity contribution in [2.75, 3.05) is 5.88 Å². The Labute approximate surface area is 97.9 Å². The van der Waals surface area contributed by atoms with E-state index in [0.717, 1.165) is 22.9 Å². The van der Waals surface area contributed by atoms with E-state index in [9.17, 15) is 0 Å². The molecule has 2 rings (SSSR count). The van der Waals surface area contributed by atoms with Crippen LogP contribution in [0.4, 0.5) is 0 Å². The van der Waals surface area contributed by atoms with Gasteiger partial charge >= 0.3 is 0 Å². The molecule has 0 amide bonds. The molecule has 1 heterocycles. The summed E-state index contributed by atoms with van der Waals surface area (Å²) in [5.74, 6) is 1.60. The number of alkyl halides is 1. The van der Waals surface area contributed by atoms with E-state index >= 15 is 0 Å². The topological polar surface area (TPSA) is 13.1 Å². The van der Waals surface area contributed by atoms with Crippen molar-refractivity contribution in [1.29, 1.82) is 0 Å². The van der Waals surface area contributed by atoms with E-state index in [1.54, 1.807) is 0 Å². The molecule has 0 bridgehead atoms. The van der Waals surface area contributed by atoms with Gasteiger partial charge in [-0.25, -0.2) is 0 Å². The van der Waals surface area contributed by atoms with E-state index < -0.39 is 0 Å². The Kier molecular flexibility index (Phi) is 2.94. The van der Waals surface area contributed by atoms with Crippen LogP contribution in [0.3, 0.4) is 0 Å². The molecule has 0 aromatic carbocycles. The second-order valence-corrected chi connectivity index (χ2v) is 5.63. The molecule has 0 atom stereocenters. The molecular weight excluding hydrogens is 263 g/mol. The van der Waals surface area contributed by atoms with Gasteiger partial charge in [0.2, 0.25) is 0 Å². The zero-order valence-electron chi connectivity index (χ0n) is 8.22.